The highest BCUT2D eigenvalue weighted by Crippen LogP contribution is 2.15. The first-order chi connectivity index (χ1) is 11.3. The fourth-order valence-corrected chi connectivity index (χ4v) is 2.80. The van der Waals surface area contributed by atoms with Gasteiger partial charge in [0.15, 0.2) is 0 Å². The van der Waals surface area contributed by atoms with Gasteiger partial charge < -0.3 is 10.2 Å². The highest BCUT2D eigenvalue weighted by molar-refractivity contribution is 5.93. The molecule has 0 radical (unpaired) electrons. The van der Waals surface area contributed by atoms with Crippen molar-refractivity contribution in [2.45, 2.75) is 0 Å². The quantitative estimate of drug-likeness (QED) is 0.912. The number of para-hydroxylation sites is 1. The molecule has 0 saturated carbocycles. The van der Waals surface area contributed by atoms with E-state index in [1.54, 1.807) is 24.5 Å². The van der Waals surface area contributed by atoms with Crippen molar-refractivity contribution >= 4 is 11.6 Å². The molecule has 120 valence electrons. The highest BCUT2D eigenvalue weighted by atomic mass is 16.1. The fraction of sp³-hybridized carbons (Fsp3) is 0.333. The van der Waals surface area contributed by atoms with Crippen LogP contribution in [0.3, 0.4) is 0 Å². The number of anilines is 1. The van der Waals surface area contributed by atoms with Gasteiger partial charge >= 0.3 is 0 Å². The SMILES string of the molecule is O=C(NCCN1CCN(c2ccccc2)CC1)c1ccncc1. The number of nitrogens with one attached hydrogen (secondary N) is 1. The molecule has 0 aliphatic carbocycles. The van der Waals surface area contributed by atoms with Gasteiger partial charge in [0.2, 0.25) is 0 Å². The van der Waals surface area contributed by atoms with Crippen LogP contribution in [0.1, 0.15) is 10.4 Å². The average Bonchev–Trinajstić information content (AvgIpc) is 2.64. The van der Waals surface area contributed by atoms with Crippen molar-refractivity contribution in [3.05, 3.63) is 60.4 Å². The highest BCUT2D eigenvalue weighted by Gasteiger charge is 2.16. The van der Waals surface area contributed by atoms with E-state index in [1.807, 2.05) is 6.07 Å². The summed E-state index contributed by atoms with van der Waals surface area (Å²) in [6.45, 7) is 5.68. The molecular formula is C18H22N4O. The zero-order valence-electron chi connectivity index (χ0n) is 13.2. The minimum atomic E-state index is -0.0321. The van der Waals surface area contributed by atoms with E-state index in [2.05, 4.69) is 44.4 Å². The van der Waals surface area contributed by atoms with Crippen LogP contribution in [-0.4, -0.2) is 55.1 Å². The summed E-state index contributed by atoms with van der Waals surface area (Å²) < 4.78 is 0. The molecule has 1 aromatic carbocycles. The third kappa shape index (κ3) is 4.29. The Kier molecular flexibility index (Phi) is 5.21. The van der Waals surface area contributed by atoms with E-state index >= 15 is 0 Å². The maximum Gasteiger partial charge on any atom is 0.251 e. The van der Waals surface area contributed by atoms with Crippen LogP contribution in [0.2, 0.25) is 0 Å². The van der Waals surface area contributed by atoms with Gasteiger partial charge in [-0.1, -0.05) is 18.2 Å². The van der Waals surface area contributed by atoms with Crippen LogP contribution in [0.4, 0.5) is 5.69 Å². The van der Waals surface area contributed by atoms with E-state index in [0.717, 1.165) is 32.7 Å². The lowest BCUT2D eigenvalue weighted by Gasteiger charge is -2.36. The van der Waals surface area contributed by atoms with E-state index in [9.17, 15) is 4.79 Å². The molecule has 1 saturated heterocycles. The van der Waals surface area contributed by atoms with Crippen molar-refractivity contribution in [3.8, 4) is 0 Å². The van der Waals surface area contributed by atoms with Crippen molar-refractivity contribution in [2.24, 2.45) is 0 Å². The lowest BCUT2D eigenvalue weighted by molar-refractivity contribution is 0.0947. The molecule has 2 heterocycles. The predicted octanol–water partition coefficient (Wildman–Crippen LogP) is 1.63. The van der Waals surface area contributed by atoms with Gasteiger partial charge in [0, 0.05) is 62.9 Å². The number of carbonyl (C=O) groups is 1. The molecule has 0 unspecified atom stereocenters. The molecule has 1 fully saturated rings. The Bertz CT molecular complexity index is 609. The topological polar surface area (TPSA) is 48.5 Å². The summed E-state index contributed by atoms with van der Waals surface area (Å²) in [6, 6.07) is 14.0. The Morgan fingerprint density at radius 2 is 1.70 bits per heavy atom. The summed E-state index contributed by atoms with van der Waals surface area (Å²) in [5, 5.41) is 2.97. The van der Waals surface area contributed by atoms with Crippen molar-refractivity contribution in [3.63, 3.8) is 0 Å². The van der Waals surface area contributed by atoms with Crippen molar-refractivity contribution in [2.75, 3.05) is 44.2 Å². The van der Waals surface area contributed by atoms with Crippen LogP contribution in [-0.2, 0) is 0 Å². The van der Waals surface area contributed by atoms with Crippen molar-refractivity contribution in [1.82, 2.24) is 15.2 Å². The number of hydrogen-bond donors (Lipinski definition) is 1. The molecular weight excluding hydrogens is 288 g/mol. The normalized spacial score (nSPS) is 15.4. The molecule has 5 heteroatoms. The third-order valence-corrected chi connectivity index (χ3v) is 4.15. The predicted molar refractivity (Wildman–Crippen MR) is 91.7 cm³/mol. The minimum absolute atomic E-state index is 0.0321. The largest absolute Gasteiger partial charge is 0.369 e. The zero-order chi connectivity index (χ0) is 15.9. The average molecular weight is 310 g/mol. The molecule has 2 aromatic rings. The third-order valence-electron chi connectivity index (χ3n) is 4.15. The van der Waals surface area contributed by atoms with Crippen molar-refractivity contribution < 1.29 is 4.79 Å². The summed E-state index contributed by atoms with van der Waals surface area (Å²) in [5.74, 6) is -0.0321. The van der Waals surface area contributed by atoms with Gasteiger partial charge in [-0.3, -0.25) is 14.7 Å². The Labute approximate surface area is 136 Å². The maximum absolute atomic E-state index is 12.0. The Balaban J connectivity index is 1.39. The zero-order valence-corrected chi connectivity index (χ0v) is 13.2. The van der Waals surface area contributed by atoms with Gasteiger partial charge in [-0.05, 0) is 24.3 Å². The fourth-order valence-electron chi connectivity index (χ4n) is 2.80. The molecule has 23 heavy (non-hydrogen) atoms. The molecule has 0 spiro atoms. The molecule has 1 N–H and O–H groups in total. The molecule has 1 aliphatic rings. The standard InChI is InChI=1S/C18H22N4O/c23-18(16-6-8-19-9-7-16)20-10-11-21-12-14-22(15-13-21)17-4-2-1-3-5-17/h1-9H,10-15H2,(H,20,23). The summed E-state index contributed by atoms with van der Waals surface area (Å²) in [6.07, 6.45) is 3.27. The van der Waals surface area contributed by atoms with E-state index in [0.29, 0.717) is 12.1 Å². The van der Waals surface area contributed by atoms with Crippen molar-refractivity contribution in [1.29, 1.82) is 0 Å². The number of nitrogens with zero attached hydrogens (tertiary/aromatic N) is 3. The van der Waals surface area contributed by atoms with Crippen LogP contribution in [0.15, 0.2) is 54.9 Å². The number of benzene rings is 1. The number of amides is 1. The van der Waals surface area contributed by atoms with Gasteiger partial charge in [-0.25, -0.2) is 0 Å². The van der Waals surface area contributed by atoms with Crippen LogP contribution in [0, 0.1) is 0 Å². The van der Waals surface area contributed by atoms with Gasteiger partial charge in [-0.15, -0.1) is 0 Å². The van der Waals surface area contributed by atoms with Crippen LogP contribution < -0.4 is 10.2 Å². The first kappa shape index (κ1) is 15.5. The minimum Gasteiger partial charge on any atom is -0.369 e. The number of carbonyl (C=O) groups excluding carboxylic acids is 1. The van der Waals surface area contributed by atoms with Gasteiger partial charge in [0.05, 0.1) is 0 Å². The van der Waals surface area contributed by atoms with Gasteiger partial charge in [0.25, 0.3) is 5.91 Å². The van der Waals surface area contributed by atoms with E-state index in [1.165, 1.54) is 5.69 Å². The molecule has 5 nitrogen and oxygen atoms in total. The molecule has 0 bridgehead atoms. The Morgan fingerprint density at radius 1 is 1.00 bits per heavy atom. The molecule has 0 atom stereocenters. The van der Waals surface area contributed by atoms with Crippen LogP contribution >= 0.6 is 0 Å². The van der Waals surface area contributed by atoms with Gasteiger partial charge in [0.1, 0.15) is 0 Å². The summed E-state index contributed by atoms with van der Waals surface area (Å²) >= 11 is 0. The van der Waals surface area contributed by atoms with E-state index in [-0.39, 0.29) is 5.91 Å². The molecule has 1 aliphatic heterocycles. The Hall–Kier alpha value is -2.40. The first-order valence-corrected chi connectivity index (χ1v) is 8.03. The molecule has 1 aromatic heterocycles. The summed E-state index contributed by atoms with van der Waals surface area (Å²) in [5.41, 5.74) is 1.95. The molecule has 3 rings (SSSR count). The second kappa shape index (κ2) is 7.74. The second-order valence-corrected chi connectivity index (χ2v) is 5.66. The number of pyridine rings is 1. The summed E-state index contributed by atoms with van der Waals surface area (Å²) in [4.78, 5) is 20.7. The number of rotatable bonds is 5. The van der Waals surface area contributed by atoms with Crippen LogP contribution in [0.5, 0.6) is 0 Å². The summed E-state index contributed by atoms with van der Waals surface area (Å²) in [7, 11) is 0. The number of piperazine rings is 1. The van der Waals surface area contributed by atoms with Gasteiger partial charge in [-0.2, -0.15) is 0 Å². The first-order valence-electron chi connectivity index (χ1n) is 8.03. The monoisotopic (exact) mass is 310 g/mol. The molecule has 1 amide bonds. The van der Waals surface area contributed by atoms with E-state index in [4.69, 9.17) is 0 Å². The lowest BCUT2D eigenvalue weighted by atomic mass is 10.2. The number of aromatic nitrogens is 1. The second-order valence-electron chi connectivity index (χ2n) is 5.66. The maximum atomic E-state index is 12.0. The lowest BCUT2D eigenvalue weighted by Crippen LogP contribution is -2.48. The number of hydrogen-bond acceptors (Lipinski definition) is 4. The Morgan fingerprint density at radius 3 is 2.39 bits per heavy atom. The smallest absolute Gasteiger partial charge is 0.251 e. The van der Waals surface area contributed by atoms with E-state index < -0.39 is 0 Å². The van der Waals surface area contributed by atoms with Crippen LogP contribution in [0.25, 0.3) is 0 Å².